The SMILES string of the molecule is CN(c1ccc(OCC(=O)Nc2ccc(Cl)cc2C(=O)c2ccccc2)cc1)S(C)(=O)=O. The molecule has 32 heavy (non-hydrogen) atoms. The summed E-state index contributed by atoms with van der Waals surface area (Å²) in [5, 5.41) is 3.05. The molecule has 166 valence electrons. The van der Waals surface area contributed by atoms with Crippen molar-refractivity contribution in [3.8, 4) is 5.75 Å². The Labute approximate surface area is 191 Å². The summed E-state index contributed by atoms with van der Waals surface area (Å²) in [6.07, 6.45) is 1.11. The van der Waals surface area contributed by atoms with E-state index in [4.69, 9.17) is 16.3 Å². The van der Waals surface area contributed by atoms with Crippen LogP contribution >= 0.6 is 11.6 Å². The normalized spacial score (nSPS) is 11.0. The highest BCUT2D eigenvalue weighted by Crippen LogP contribution is 2.24. The van der Waals surface area contributed by atoms with E-state index in [1.807, 2.05) is 0 Å². The Kier molecular flexibility index (Phi) is 7.17. The summed E-state index contributed by atoms with van der Waals surface area (Å²) in [6, 6.07) is 19.6. The Bertz CT molecular complexity index is 1230. The zero-order valence-corrected chi connectivity index (χ0v) is 19.0. The van der Waals surface area contributed by atoms with Gasteiger partial charge in [-0.3, -0.25) is 13.9 Å². The summed E-state index contributed by atoms with van der Waals surface area (Å²) in [5.74, 6) is -0.343. The molecule has 0 aliphatic heterocycles. The fraction of sp³-hybridized carbons (Fsp3) is 0.130. The molecule has 1 N–H and O–H groups in total. The Balaban J connectivity index is 1.67. The van der Waals surface area contributed by atoms with E-state index < -0.39 is 15.9 Å². The van der Waals surface area contributed by atoms with Crippen LogP contribution in [0.3, 0.4) is 0 Å². The van der Waals surface area contributed by atoms with Gasteiger partial charge in [-0.2, -0.15) is 0 Å². The first-order valence-corrected chi connectivity index (χ1v) is 11.7. The van der Waals surface area contributed by atoms with E-state index in [-0.39, 0.29) is 18.0 Å². The van der Waals surface area contributed by atoms with Crippen molar-refractivity contribution in [1.29, 1.82) is 0 Å². The van der Waals surface area contributed by atoms with E-state index in [0.29, 0.717) is 27.7 Å². The zero-order chi connectivity index (χ0) is 23.3. The van der Waals surface area contributed by atoms with E-state index in [2.05, 4.69) is 5.32 Å². The third kappa shape index (κ3) is 5.87. The minimum Gasteiger partial charge on any atom is -0.484 e. The number of benzene rings is 3. The van der Waals surface area contributed by atoms with Gasteiger partial charge in [0.25, 0.3) is 5.91 Å². The van der Waals surface area contributed by atoms with Gasteiger partial charge in [-0.05, 0) is 42.5 Å². The van der Waals surface area contributed by atoms with Crippen molar-refractivity contribution in [2.75, 3.05) is 29.5 Å². The Morgan fingerprint density at radius 2 is 1.66 bits per heavy atom. The van der Waals surface area contributed by atoms with E-state index >= 15 is 0 Å². The number of carbonyl (C=O) groups excluding carboxylic acids is 2. The lowest BCUT2D eigenvalue weighted by atomic mass is 10.0. The van der Waals surface area contributed by atoms with E-state index in [0.717, 1.165) is 10.6 Å². The number of carbonyl (C=O) groups is 2. The fourth-order valence-corrected chi connectivity index (χ4v) is 3.51. The second kappa shape index (κ2) is 9.84. The molecular formula is C23H21ClN2O5S. The lowest BCUT2D eigenvalue weighted by molar-refractivity contribution is -0.118. The number of nitrogens with one attached hydrogen (secondary N) is 1. The average molecular weight is 473 g/mol. The largest absolute Gasteiger partial charge is 0.484 e. The van der Waals surface area contributed by atoms with Gasteiger partial charge in [0.05, 0.1) is 17.6 Å². The summed E-state index contributed by atoms with van der Waals surface area (Å²) in [4.78, 5) is 25.3. The lowest BCUT2D eigenvalue weighted by Gasteiger charge is -2.17. The van der Waals surface area contributed by atoms with Gasteiger partial charge in [-0.25, -0.2) is 8.42 Å². The third-order valence-corrected chi connectivity index (χ3v) is 6.04. The molecule has 1 amide bonds. The van der Waals surface area contributed by atoms with Crippen LogP contribution < -0.4 is 14.4 Å². The topological polar surface area (TPSA) is 92.8 Å². The third-order valence-electron chi connectivity index (χ3n) is 4.60. The van der Waals surface area contributed by atoms with Crippen LogP contribution in [-0.2, 0) is 14.8 Å². The maximum atomic E-state index is 12.8. The van der Waals surface area contributed by atoms with Gasteiger partial charge >= 0.3 is 0 Å². The number of amides is 1. The van der Waals surface area contributed by atoms with Crippen molar-refractivity contribution in [1.82, 2.24) is 0 Å². The minimum absolute atomic E-state index is 0.269. The van der Waals surface area contributed by atoms with Crippen LogP contribution in [0.25, 0.3) is 0 Å². The summed E-state index contributed by atoms with van der Waals surface area (Å²) in [6.45, 7) is -0.303. The van der Waals surface area contributed by atoms with E-state index in [1.165, 1.54) is 13.1 Å². The van der Waals surface area contributed by atoms with Crippen molar-refractivity contribution < 1.29 is 22.7 Å². The van der Waals surface area contributed by atoms with Crippen LogP contribution in [0.2, 0.25) is 5.02 Å². The minimum atomic E-state index is -3.37. The Hall–Kier alpha value is -3.36. The van der Waals surface area contributed by atoms with Crippen molar-refractivity contribution in [3.05, 3.63) is 88.9 Å². The molecule has 0 aliphatic carbocycles. The van der Waals surface area contributed by atoms with Gasteiger partial charge in [0, 0.05) is 23.2 Å². The van der Waals surface area contributed by atoms with Crippen molar-refractivity contribution in [2.24, 2.45) is 0 Å². The molecular weight excluding hydrogens is 452 g/mol. The number of rotatable bonds is 8. The molecule has 0 saturated heterocycles. The number of hydrogen-bond donors (Lipinski definition) is 1. The number of ether oxygens (including phenoxy) is 1. The van der Waals surface area contributed by atoms with Gasteiger partial charge in [0.1, 0.15) is 5.75 Å². The highest BCUT2D eigenvalue weighted by molar-refractivity contribution is 7.92. The second-order valence-corrected chi connectivity index (χ2v) is 9.40. The molecule has 3 rings (SSSR count). The first kappa shape index (κ1) is 23.3. The van der Waals surface area contributed by atoms with Gasteiger partial charge in [0.15, 0.2) is 12.4 Å². The van der Waals surface area contributed by atoms with Crippen LogP contribution in [0, 0.1) is 0 Å². The predicted octanol–water partition coefficient (Wildman–Crippen LogP) is 3.98. The Morgan fingerprint density at radius 3 is 2.28 bits per heavy atom. The molecule has 3 aromatic rings. The van der Waals surface area contributed by atoms with Crippen molar-refractivity contribution in [3.63, 3.8) is 0 Å². The van der Waals surface area contributed by atoms with Gasteiger partial charge in [-0.1, -0.05) is 41.9 Å². The van der Waals surface area contributed by atoms with Crippen LogP contribution in [0.5, 0.6) is 5.75 Å². The summed E-state index contributed by atoms with van der Waals surface area (Å²) in [5.41, 5.74) is 1.53. The van der Waals surface area contributed by atoms with Crippen LogP contribution in [-0.4, -0.2) is 40.0 Å². The van der Waals surface area contributed by atoms with Crippen molar-refractivity contribution in [2.45, 2.75) is 0 Å². The zero-order valence-electron chi connectivity index (χ0n) is 17.4. The molecule has 0 fully saturated rings. The number of anilines is 2. The molecule has 0 unspecified atom stereocenters. The number of ketones is 1. The second-order valence-electron chi connectivity index (χ2n) is 6.95. The average Bonchev–Trinajstić information content (AvgIpc) is 2.78. The van der Waals surface area contributed by atoms with E-state index in [1.54, 1.807) is 66.7 Å². The molecule has 0 heterocycles. The number of sulfonamides is 1. The smallest absolute Gasteiger partial charge is 0.262 e. The predicted molar refractivity (Wildman–Crippen MR) is 125 cm³/mol. The summed E-state index contributed by atoms with van der Waals surface area (Å²) < 4.78 is 29.8. The van der Waals surface area contributed by atoms with Crippen LogP contribution in [0.1, 0.15) is 15.9 Å². The number of hydrogen-bond acceptors (Lipinski definition) is 5. The van der Waals surface area contributed by atoms with Gasteiger partial charge < -0.3 is 10.1 Å². The highest BCUT2D eigenvalue weighted by Gasteiger charge is 2.16. The molecule has 0 saturated carbocycles. The quantitative estimate of drug-likeness (QED) is 0.500. The van der Waals surface area contributed by atoms with Crippen LogP contribution in [0.4, 0.5) is 11.4 Å². The monoisotopic (exact) mass is 472 g/mol. The van der Waals surface area contributed by atoms with Crippen molar-refractivity contribution >= 4 is 44.7 Å². The molecule has 0 aromatic heterocycles. The fourth-order valence-electron chi connectivity index (χ4n) is 2.84. The molecule has 0 bridgehead atoms. The lowest BCUT2D eigenvalue weighted by Crippen LogP contribution is -2.24. The molecule has 7 nitrogen and oxygen atoms in total. The molecule has 3 aromatic carbocycles. The first-order valence-electron chi connectivity index (χ1n) is 9.51. The maximum absolute atomic E-state index is 12.8. The summed E-state index contributed by atoms with van der Waals surface area (Å²) >= 11 is 6.06. The number of nitrogens with zero attached hydrogens (tertiary/aromatic N) is 1. The molecule has 0 spiro atoms. The Morgan fingerprint density at radius 1 is 1.00 bits per heavy atom. The molecule has 9 heteroatoms. The van der Waals surface area contributed by atoms with Crippen LogP contribution in [0.15, 0.2) is 72.8 Å². The van der Waals surface area contributed by atoms with Gasteiger partial charge in [0.2, 0.25) is 10.0 Å². The highest BCUT2D eigenvalue weighted by atomic mass is 35.5. The molecule has 0 atom stereocenters. The summed E-state index contributed by atoms with van der Waals surface area (Å²) in [7, 11) is -1.93. The maximum Gasteiger partial charge on any atom is 0.262 e. The molecule has 0 radical (unpaired) electrons. The standard InChI is InChI=1S/C23H21ClN2O5S/c1-26(32(2,29)30)18-9-11-19(12-10-18)31-15-22(27)25-21-13-8-17(24)14-20(21)23(28)16-6-4-3-5-7-16/h3-14H,15H2,1-2H3,(H,25,27). The van der Waals surface area contributed by atoms with E-state index in [9.17, 15) is 18.0 Å². The first-order chi connectivity index (χ1) is 15.1. The number of halogens is 1. The van der Waals surface area contributed by atoms with Gasteiger partial charge in [-0.15, -0.1) is 0 Å². The molecule has 0 aliphatic rings.